The van der Waals surface area contributed by atoms with Gasteiger partial charge in [0.05, 0.1) is 7.11 Å². The maximum atomic E-state index is 11.2. The SMILES string of the molecule is COc1nc(Cl)cc(NCCc2ccc(C(=O)I)cc2)n1. The average molecular weight is 418 g/mol. The number of nitrogens with one attached hydrogen (secondary N) is 1. The highest BCUT2D eigenvalue weighted by Crippen LogP contribution is 2.15. The molecule has 1 aromatic carbocycles. The first-order chi connectivity index (χ1) is 10.1. The second kappa shape index (κ2) is 7.56. The Morgan fingerprint density at radius 1 is 1.33 bits per heavy atom. The van der Waals surface area contributed by atoms with Gasteiger partial charge in [0.2, 0.25) is 3.79 Å². The zero-order chi connectivity index (χ0) is 15.2. The van der Waals surface area contributed by atoms with Gasteiger partial charge in [0.15, 0.2) is 0 Å². The fourth-order valence-electron chi connectivity index (χ4n) is 1.72. The van der Waals surface area contributed by atoms with Crippen molar-refractivity contribution >= 4 is 43.8 Å². The van der Waals surface area contributed by atoms with Gasteiger partial charge in [-0.1, -0.05) is 35.9 Å². The minimum atomic E-state index is 0.0417. The molecule has 110 valence electrons. The molecule has 0 aliphatic rings. The minimum Gasteiger partial charge on any atom is -0.467 e. The van der Waals surface area contributed by atoms with Crippen LogP contribution in [0.25, 0.3) is 0 Å². The van der Waals surface area contributed by atoms with Crippen LogP contribution in [0.1, 0.15) is 15.9 Å². The van der Waals surface area contributed by atoms with Crippen molar-refractivity contribution in [2.75, 3.05) is 19.0 Å². The van der Waals surface area contributed by atoms with Crippen LogP contribution < -0.4 is 10.1 Å². The third-order valence-electron chi connectivity index (χ3n) is 2.76. The third kappa shape index (κ3) is 4.82. The van der Waals surface area contributed by atoms with Crippen molar-refractivity contribution in [3.8, 4) is 6.01 Å². The summed E-state index contributed by atoms with van der Waals surface area (Å²) in [4.78, 5) is 19.2. The van der Waals surface area contributed by atoms with Crippen molar-refractivity contribution in [3.05, 3.63) is 46.6 Å². The molecule has 21 heavy (non-hydrogen) atoms. The zero-order valence-corrected chi connectivity index (χ0v) is 14.2. The van der Waals surface area contributed by atoms with Crippen LogP contribution in [0.2, 0.25) is 5.15 Å². The number of aromatic nitrogens is 2. The van der Waals surface area contributed by atoms with Crippen LogP contribution in [0.5, 0.6) is 6.01 Å². The second-order valence-electron chi connectivity index (χ2n) is 4.21. The average Bonchev–Trinajstić information content (AvgIpc) is 2.47. The van der Waals surface area contributed by atoms with Crippen LogP contribution in [-0.2, 0) is 6.42 Å². The maximum Gasteiger partial charge on any atom is 0.319 e. The van der Waals surface area contributed by atoms with E-state index in [1.807, 2.05) is 24.3 Å². The fourth-order valence-corrected chi connectivity index (χ4v) is 2.25. The van der Waals surface area contributed by atoms with E-state index in [-0.39, 0.29) is 9.80 Å². The Labute approximate surface area is 141 Å². The molecular weight excluding hydrogens is 405 g/mol. The Kier molecular flexibility index (Phi) is 5.75. The Balaban J connectivity index is 1.92. The number of anilines is 1. The lowest BCUT2D eigenvalue weighted by Gasteiger charge is -2.07. The van der Waals surface area contributed by atoms with Crippen LogP contribution in [0.4, 0.5) is 5.82 Å². The predicted octanol–water partition coefficient (Wildman–Crippen LogP) is 3.37. The first-order valence-corrected chi connectivity index (χ1v) is 7.65. The van der Waals surface area contributed by atoms with Gasteiger partial charge < -0.3 is 10.1 Å². The van der Waals surface area contributed by atoms with Gasteiger partial charge in [-0.15, -0.1) is 0 Å². The topological polar surface area (TPSA) is 64.1 Å². The van der Waals surface area contributed by atoms with E-state index >= 15 is 0 Å². The van der Waals surface area contributed by atoms with Crippen LogP contribution in [0.3, 0.4) is 0 Å². The van der Waals surface area contributed by atoms with Crippen LogP contribution in [0, 0.1) is 0 Å². The Bertz CT molecular complexity index is 635. The molecule has 0 aliphatic carbocycles. The van der Waals surface area contributed by atoms with Crippen LogP contribution >= 0.6 is 34.2 Å². The van der Waals surface area contributed by atoms with E-state index in [0.717, 1.165) is 12.0 Å². The van der Waals surface area contributed by atoms with Gasteiger partial charge in [-0.05, 0) is 12.0 Å². The normalized spacial score (nSPS) is 10.2. The molecule has 0 fully saturated rings. The molecule has 2 aromatic rings. The number of ether oxygens (including phenoxy) is 1. The molecule has 0 saturated carbocycles. The molecule has 0 saturated heterocycles. The standard InChI is InChI=1S/C14H13ClIN3O2/c1-21-14-18-11(15)8-12(19-14)17-7-6-9-2-4-10(5-3-9)13(16)20/h2-5,8H,6-7H2,1H3,(H,17,18,19). The van der Waals surface area contributed by atoms with Gasteiger partial charge in [0, 0.05) is 40.8 Å². The molecule has 0 unspecified atom stereocenters. The number of carbonyl (C=O) groups is 1. The Morgan fingerprint density at radius 3 is 2.67 bits per heavy atom. The van der Waals surface area contributed by atoms with Crippen molar-refractivity contribution in [1.29, 1.82) is 0 Å². The van der Waals surface area contributed by atoms with Gasteiger partial charge in [-0.3, -0.25) is 4.79 Å². The van der Waals surface area contributed by atoms with E-state index in [0.29, 0.717) is 23.1 Å². The van der Waals surface area contributed by atoms with Crippen molar-refractivity contribution in [2.24, 2.45) is 0 Å². The number of rotatable bonds is 6. The van der Waals surface area contributed by atoms with Crippen molar-refractivity contribution < 1.29 is 9.53 Å². The van der Waals surface area contributed by atoms with Crippen molar-refractivity contribution in [2.45, 2.75) is 6.42 Å². The minimum absolute atomic E-state index is 0.0417. The summed E-state index contributed by atoms with van der Waals surface area (Å²) < 4.78 is 5.00. The molecule has 1 heterocycles. The molecule has 1 aromatic heterocycles. The molecule has 2 rings (SSSR count). The summed E-state index contributed by atoms with van der Waals surface area (Å²) in [6.07, 6.45) is 0.805. The zero-order valence-electron chi connectivity index (χ0n) is 11.3. The maximum absolute atomic E-state index is 11.2. The fraction of sp³-hybridized carbons (Fsp3) is 0.214. The van der Waals surface area contributed by atoms with E-state index in [9.17, 15) is 4.79 Å². The number of methoxy groups -OCH3 is 1. The number of halogens is 2. The van der Waals surface area contributed by atoms with Crippen LogP contribution in [0.15, 0.2) is 30.3 Å². The number of hydrogen-bond donors (Lipinski definition) is 1. The molecule has 1 N–H and O–H groups in total. The lowest BCUT2D eigenvalue weighted by atomic mass is 10.1. The van der Waals surface area contributed by atoms with Gasteiger partial charge in [-0.2, -0.15) is 9.97 Å². The number of benzene rings is 1. The highest BCUT2D eigenvalue weighted by molar-refractivity contribution is 14.1. The summed E-state index contributed by atoms with van der Waals surface area (Å²) in [5.74, 6) is 0.617. The van der Waals surface area contributed by atoms with Crippen molar-refractivity contribution in [1.82, 2.24) is 9.97 Å². The Hall–Kier alpha value is -1.41. The molecule has 5 nitrogen and oxygen atoms in total. The summed E-state index contributed by atoms with van der Waals surface area (Å²) in [5, 5.41) is 3.49. The van der Waals surface area contributed by atoms with Gasteiger partial charge in [0.1, 0.15) is 11.0 Å². The molecule has 0 aliphatic heterocycles. The predicted molar refractivity (Wildman–Crippen MR) is 90.6 cm³/mol. The summed E-state index contributed by atoms with van der Waals surface area (Å²) in [5.41, 5.74) is 1.84. The molecule has 0 atom stereocenters. The summed E-state index contributed by atoms with van der Waals surface area (Å²) >= 11 is 7.64. The van der Waals surface area contributed by atoms with Gasteiger partial charge in [0.25, 0.3) is 0 Å². The summed E-state index contributed by atoms with van der Waals surface area (Å²) in [7, 11) is 1.49. The van der Waals surface area contributed by atoms with E-state index in [1.165, 1.54) is 7.11 Å². The highest BCUT2D eigenvalue weighted by Gasteiger charge is 2.04. The summed E-state index contributed by atoms with van der Waals surface area (Å²) in [6.45, 7) is 0.689. The first kappa shape index (κ1) is 16.0. The Morgan fingerprint density at radius 2 is 2.05 bits per heavy atom. The quantitative estimate of drug-likeness (QED) is 0.443. The number of nitrogens with zero attached hydrogens (tertiary/aromatic N) is 2. The van der Waals surface area contributed by atoms with E-state index in [4.69, 9.17) is 16.3 Å². The van der Waals surface area contributed by atoms with Crippen molar-refractivity contribution in [3.63, 3.8) is 0 Å². The van der Waals surface area contributed by atoms with Crippen LogP contribution in [-0.4, -0.2) is 27.4 Å². The smallest absolute Gasteiger partial charge is 0.319 e. The van der Waals surface area contributed by atoms with Gasteiger partial charge in [-0.25, -0.2) is 0 Å². The first-order valence-electron chi connectivity index (χ1n) is 6.19. The highest BCUT2D eigenvalue weighted by atomic mass is 127. The molecule has 0 spiro atoms. The molecule has 0 radical (unpaired) electrons. The molecule has 7 heteroatoms. The van der Waals surface area contributed by atoms with E-state index in [1.54, 1.807) is 28.7 Å². The lowest BCUT2D eigenvalue weighted by molar-refractivity contribution is 0.110. The molecular formula is C14H13ClIN3O2. The number of carbonyl (C=O) groups excluding carboxylic acids is 1. The summed E-state index contributed by atoms with van der Waals surface area (Å²) in [6, 6.07) is 9.42. The second-order valence-corrected chi connectivity index (χ2v) is 5.58. The monoisotopic (exact) mass is 417 g/mol. The van der Waals surface area contributed by atoms with E-state index in [2.05, 4.69) is 15.3 Å². The third-order valence-corrected chi connectivity index (χ3v) is 3.57. The van der Waals surface area contributed by atoms with E-state index < -0.39 is 0 Å². The molecule has 0 bridgehead atoms. The van der Waals surface area contributed by atoms with Gasteiger partial charge >= 0.3 is 6.01 Å². The molecule has 0 amide bonds. The lowest BCUT2D eigenvalue weighted by Crippen LogP contribution is -2.07. The largest absolute Gasteiger partial charge is 0.467 e. The number of hydrogen-bond acceptors (Lipinski definition) is 5.